The first kappa shape index (κ1) is 11.1. The number of aliphatic imine (C=N–C) groups is 1. The average Bonchev–Trinajstić information content (AvgIpc) is 2.47. The molecule has 0 saturated carbocycles. The third kappa shape index (κ3) is 1.92. The number of rotatable bonds is 3. The lowest BCUT2D eigenvalue weighted by molar-refractivity contribution is -0.386. The van der Waals surface area contributed by atoms with Crippen LogP contribution in [0.4, 0.5) is 5.69 Å². The van der Waals surface area contributed by atoms with Gasteiger partial charge in [-0.2, -0.15) is 10.1 Å². The molecule has 1 aromatic rings. The molecule has 0 aliphatic heterocycles. The van der Waals surface area contributed by atoms with Crippen LogP contribution in [0.3, 0.4) is 0 Å². The highest BCUT2D eigenvalue weighted by Crippen LogP contribution is 2.31. The number of aromatic nitrogens is 2. The third-order valence-corrected chi connectivity index (χ3v) is 2.02. The van der Waals surface area contributed by atoms with Gasteiger partial charge in [0.1, 0.15) is 17.4 Å². The lowest BCUT2D eigenvalue weighted by Crippen LogP contribution is -2.19. The maximum atomic E-state index is 10.7. The standard InChI is InChI=1S/C8H10N4O3/c1-8(2,9-5-13)7-6(12(14)15)4-10-11(7)3/h4H,1-3H3. The lowest BCUT2D eigenvalue weighted by Gasteiger charge is -2.16. The molecule has 0 aliphatic carbocycles. The number of nitro groups is 1. The van der Waals surface area contributed by atoms with Crippen molar-refractivity contribution in [1.29, 1.82) is 0 Å². The quantitative estimate of drug-likeness (QED) is 0.320. The van der Waals surface area contributed by atoms with Gasteiger partial charge in [0, 0.05) is 7.05 Å². The fourth-order valence-electron chi connectivity index (χ4n) is 1.44. The highest BCUT2D eigenvalue weighted by Gasteiger charge is 2.33. The molecule has 0 unspecified atom stereocenters. The molecule has 0 spiro atoms. The lowest BCUT2D eigenvalue weighted by atomic mass is 10.0. The van der Waals surface area contributed by atoms with Crippen molar-refractivity contribution >= 4 is 11.8 Å². The van der Waals surface area contributed by atoms with Gasteiger partial charge in [0.05, 0.1) is 4.92 Å². The van der Waals surface area contributed by atoms with Gasteiger partial charge >= 0.3 is 5.69 Å². The Balaban J connectivity index is 3.41. The van der Waals surface area contributed by atoms with Gasteiger partial charge in [-0.3, -0.25) is 14.8 Å². The van der Waals surface area contributed by atoms with Crippen LogP contribution >= 0.6 is 0 Å². The zero-order chi connectivity index (χ0) is 11.6. The van der Waals surface area contributed by atoms with Crippen LogP contribution in [0.2, 0.25) is 0 Å². The van der Waals surface area contributed by atoms with Crippen LogP contribution < -0.4 is 0 Å². The molecule has 1 heterocycles. The molecular weight excluding hydrogens is 200 g/mol. The Hall–Kier alpha value is -2.01. The zero-order valence-electron chi connectivity index (χ0n) is 8.59. The molecule has 0 radical (unpaired) electrons. The molecule has 0 N–H and O–H groups in total. The Kier molecular flexibility index (Phi) is 2.67. The maximum Gasteiger partial charge on any atom is 0.312 e. The topological polar surface area (TPSA) is 90.4 Å². The first-order chi connectivity index (χ1) is 6.90. The first-order valence-corrected chi connectivity index (χ1v) is 4.16. The second kappa shape index (κ2) is 3.62. The highest BCUT2D eigenvalue weighted by atomic mass is 16.6. The molecule has 0 amide bonds. The van der Waals surface area contributed by atoms with E-state index in [-0.39, 0.29) is 11.4 Å². The van der Waals surface area contributed by atoms with E-state index in [9.17, 15) is 14.9 Å². The summed E-state index contributed by atoms with van der Waals surface area (Å²) >= 11 is 0. The molecule has 15 heavy (non-hydrogen) atoms. The summed E-state index contributed by atoms with van der Waals surface area (Å²) in [5.74, 6) is 0. The predicted molar refractivity (Wildman–Crippen MR) is 51.0 cm³/mol. The molecule has 0 saturated heterocycles. The Bertz CT molecular complexity index is 443. The van der Waals surface area contributed by atoms with Crippen molar-refractivity contribution in [2.75, 3.05) is 0 Å². The number of carbonyl (C=O) groups excluding carboxylic acids is 1. The van der Waals surface area contributed by atoms with E-state index in [2.05, 4.69) is 10.1 Å². The Morgan fingerprint density at radius 2 is 2.27 bits per heavy atom. The van der Waals surface area contributed by atoms with E-state index in [1.54, 1.807) is 20.9 Å². The van der Waals surface area contributed by atoms with E-state index < -0.39 is 10.5 Å². The summed E-state index contributed by atoms with van der Waals surface area (Å²) in [6.07, 6.45) is 2.54. The average molecular weight is 210 g/mol. The van der Waals surface area contributed by atoms with E-state index in [1.807, 2.05) is 0 Å². The van der Waals surface area contributed by atoms with E-state index >= 15 is 0 Å². The van der Waals surface area contributed by atoms with Gasteiger partial charge in [-0.1, -0.05) is 0 Å². The molecule has 80 valence electrons. The summed E-state index contributed by atoms with van der Waals surface area (Å²) in [6.45, 7) is 3.17. The van der Waals surface area contributed by atoms with E-state index in [0.717, 1.165) is 6.20 Å². The fourth-order valence-corrected chi connectivity index (χ4v) is 1.44. The van der Waals surface area contributed by atoms with Crippen molar-refractivity contribution in [3.05, 3.63) is 22.0 Å². The molecule has 0 bridgehead atoms. The number of aryl methyl sites for hydroxylation is 1. The van der Waals surface area contributed by atoms with Gasteiger partial charge in [-0.15, -0.1) is 0 Å². The Morgan fingerprint density at radius 3 is 2.73 bits per heavy atom. The van der Waals surface area contributed by atoms with Crippen LogP contribution in [0, 0.1) is 10.1 Å². The number of hydrogen-bond donors (Lipinski definition) is 0. The van der Waals surface area contributed by atoms with Crippen LogP contribution in [-0.2, 0) is 17.4 Å². The Morgan fingerprint density at radius 1 is 1.67 bits per heavy atom. The van der Waals surface area contributed by atoms with Crippen LogP contribution in [0.15, 0.2) is 11.2 Å². The molecule has 0 aliphatic rings. The summed E-state index contributed by atoms with van der Waals surface area (Å²) in [4.78, 5) is 23.9. The molecule has 0 atom stereocenters. The normalized spacial score (nSPS) is 10.9. The van der Waals surface area contributed by atoms with Crippen LogP contribution in [0.1, 0.15) is 19.5 Å². The van der Waals surface area contributed by atoms with Crippen LogP contribution in [-0.4, -0.2) is 20.8 Å². The first-order valence-electron chi connectivity index (χ1n) is 4.16. The van der Waals surface area contributed by atoms with Crippen molar-refractivity contribution in [1.82, 2.24) is 9.78 Å². The van der Waals surface area contributed by atoms with Crippen molar-refractivity contribution in [2.45, 2.75) is 19.4 Å². The molecule has 7 nitrogen and oxygen atoms in total. The minimum Gasteiger partial charge on any atom is -0.263 e. The molecular formula is C8H10N4O3. The second-order valence-corrected chi connectivity index (χ2v) is 3.52. The van der Waals surface area contributed by atoms with Crippen molar-refractivity contribution < 1.29 is 9.72 Å². The van der Waals surface area contributed by atoms with Crippen LogP contribution in [0.25, 0.3) is 0 Å². The molecule has 7 heteroatoms. The summed E-state index contributed by atoms with van der Waals surface area (Å²) in [7, 11) is 1.56. The van der Waals surface area contributed by atoms with E-state index in [1.165, 1.54) is 10.8 Å². The number of hydrogen-bond acceptors (Lipinski definition) is 5. The molecule has 1 rings (SSSR count). The van der Waals surface area contributed by atoms with Gasteiger partial charge in [0.2, 0.25) is 6.08 Å². The van der Waals surface area contributed by atoms with Crippen molar-refractivity contribution in [2.24, 2.45) is 12.0 Å². The summed E-state index contributed by atoms with van der Waals surface area (Å²) in [5, 5.41) is 14.5. The predicted octanol–water partition coefficient (Wildman–Crippen LogP) is 0.899. The monoisotopic (exact) mass is 210 g/mol. The molecule has 0 aromatic carbocycles. The second-order valence-electron chi connectivity index (χ2n) is 3.52. The van der Waals surface area contributed by atoms with Gasteiger partial charge in [-0.25, -0.2) is 4.79 Å². The minimum absolute atomic E-state index is 0.151. The largest absolute Gasteiger partial charge is 0.312 e. The van der Waals surface area contributed by atoms with Gasteiger partial charge in [0.25, 0.3) is 0 Å². The summed E-state index contributed by atoms with van der Waals surface area (Å²) in [6, 6.07) is 0. The summed E-state index contributed by atoms with van der Waals surface area (Å²) in [5.41, 5.74) is -0.882. The Labute approximate surface area is 85.6 Å². The van der Waals surface area contributed by atoms with Crippen molar-refractivity contribution in [3.8, 4) is 0 Å². The molecule has 0 fully saturated rings. The van der Waals surface area contributed by atoms with E-state index in [0.29, 0.717) is 0 Å². The van der Waals surface area contributed by atoms with Gasteiger partial charge < -0.3 is 0 Å². The smallest absolute Gasteiger partial charge is 0.263 e. The maximum absolute atomic E-state index is 10.7. The van der Waals surface area contributed by atoms with E-state index in [4.69, 9.17) is 0 Å². The highest BCUT2D eigenvalue weighted by molar-refractivity contribution is 5.42. The number of isocyanates is 1. The fraction of sp³-hybridized carbons (Fsp3) is 0.500. The van der Waals surface area contributed by atoms with Crippen LogP contribution in [0.5, 0.6) is 0 Å². The number of nitrogens with zero attached hydrogens (tertiary/aromatic N) is 4. The SMILES string of the molecule is Cn1ncc([N+](=O)[O-])c1C(C)(C)N=C=O. The van der Waals surface area contributed by atoms with Gasteiger partial charge in [0.15, 0.2) is 0 Å². The minimum atomic E-state index is -1.00. The third-order valence-electron chi connectivity index (χ3n) is 2.02. The van der Waals surface area contributed by atoms with Crippen molar-refractivity contribution in [3.63, 3.8) is 0 Å². The van der Waals surface area contributed by atoms with Gasteiger partial charge in [-0.05, 0) is 13.8 Å². The zero-order valence-corrected chi connectivity index (χ0v) is 8.59. The molecule has 1 aromatic heterocycles. The summed E-state index contributed by atoms with van der Waals surface area (Å²) < 4.78 is 1.33.